The number of ether oxygens (including phenoxy) is 6. The lowest BCUT2D eigenvalue weighted by molar-refractivity contribution is -0.155. The highest BCUT2D eigenvalue weighted by molar-refractivity contribution is 6.02. The highest BCUT2D eigenvalue weighted by atomic mass is 16.6. The minimum absolute atomic E-state index is 0.0236. The van der Waals surface area contributed by atoms with Crippen LogP contribution < -0.4 is 5.32 Å². The van der Waals surface area contributed by atoms with Gasteiger partial charge in [-0.2, -0.15) is 0 Å². The third-order valence-electron chi connectivity index (χ3n) is 11.2. The molecule has 0 radical (unpaired) electrons. The van der Waals surface area contributed by atoms with E-state index in [1.54, 1.807) is 62.3 Å². The zero-order valence-electron chi connectivity index (χ0n) is 43.7. The Balaban J connectivity index is 2.08. The van der Waals surface area contributed by atoms with Gasteiger partial charge in [-0.05, 0) is 53.0 Å². The molecule has 0 bridgehead atoms. The van der Waals surface area contributed by atoms with E-state index in [1.165, 1.54) is 0 Å². The van der Waals surface area contributed by atoms with Gasteiger partial charge in [-0.25, -0.2) is 0 Å². The van der Waals surface area contributed by atoms with E-state index in [1.807, 2.05) is 41.3 Å². The molecule has 410 valence electrons. The number of rotatable bonds is 27. The van der Waals surface area contributed by atoms with Gasteiger partial charge in [0, 0.05) is 63.4 Å². The van der Waals surface area contributed by atoms with Crippen molar-refractivity contribution in [3.8, 4) is 0 Å². The van der Waals surface area contributed by atoms with Gasteiger partial charge in [0.25, 0.3) is 0 Å². The van der Waals surface area contributed by atoms with Crippen molar-refractivity contribution in [2.75, 3.05) is 163 Å². The predicted molar refractivity (Wildman–Crippen MR) is 268 cm³/mol. The van der Waals surface area contributed by atoms with Gasteiger partial charge in [-0.3, -0.25) is 67.5 Å². The Labute approximate surface area is 432 Å². The van der Waals surface area contributed by atoms with Gasteiger partial charge >= 0.3 is 35.8 Å². The largest absolute Gasteiger partial charge is 0.465 e. The molecule has 1 fully saturated rings. The summed E-state index contributed by atoms with van der Waals surface area (Å²) in [5, 5.41) is 4.75. The van der Waals surface area contributed by atoms with Crippen LogP contribution in [0.2, 0.25) is 0 Å². The molecule has 4 amide bonds. The molecule has 3 rings (SSSR count). The standard InChI is InChI=1S/C50H74N8O16/c1-7-69-45(63)32-56(33-46(64)70-8-2)42(60)29-53-22-20-52(28-41(59)51-40-19-15-17-38-16-13-14-18-39(38)40)21-23-54(30-43(61)57(34-47(65)71-9-3)35-48(66)72-10-4)25-27-55(26-24-53)31-44(62)58(36-49(67)73-11-5)37-50(68)74-12-6/h13-19H,7-12,20-37H2,1-6H3,(H,51,59). The number of hydrogen-bond donors (Lipinski definition) is 1. The summed E-state index contributed by atoms with van der Waals surface area (Å²) in [4.78, 5) is 143. The number of hydrogen-bond acceptors (Lipinski definition) is 20. The lowest BCUT2D eigenvalue weighted by Gasteiger charge is -2.35. The van der Waals surface area contributed by atoms with Crippen LogP contribution >= 0.6 is 0 Å². The van der Waals surface area contributed by atoms with E-state index >= 15 is 0 Å². The van der Waals surface area contributed by atoms with E-state index in [4.69, 9.17) is 28.4 Å². The van der Waals surface area contributed by atoms with E-state index in [0.29, 0.717) is 5.69 Å². The van der Waals surface area contributed by atoms with Crippen LogP contribution in [0.15, 0.2) is 42.5 Å². The summed E-state index contributed by atoms with van der Waals surface area (Å²) >= 11 is 0. The van der Waals surface area contributed by atoms with Crippen molar-refractivity contribution in [1.29, 1.82) is 0 Å². The van der Waals surface area contributed by atoms with Crippen LogP contribution in [0.25, 0.3) is 10.8 Å². The maximum Gasteiger partial charge on any atom is 0.325 e. The van der Waals surface area contributed by atoms with E-state index in [9.17, 15) is 47.9 Å². The maximum absolute atomic E-state index is 14.1. The molecule has 24 nitrogen and oxygen atoms in total. The van der Waals surface area contributed by atoms with Gasteiger partial charge in [-0.1, -0.05) is 36.4 Å². The molecule has 0 unspecified atom stereocenters. The molecule has 0 atom stereocenters. The molecule has 74 heavy (non-hydrogen) atoms. The fraction of sp³-hybridized carbons (Fsp3) is 0.600. The summed E-state index contributed by atoms with van der Waals surface area (Å²) in [6.07, 6.45) is 0. The highest BCUT2D eigenvalue weighted by Crippen LogP contribution is 2.23. The Hall–Kier alpha value is -6.76. The van der Waals surface area contributed by atoms with E-state index in [2.05, 4.69) is 5.32 Å². The zero-order chi connectivity index (χ0) is 54.4. The minimum atomic E-state index is -0.756. The Bertz CT molecular complexity index is 2060. The second-order valence-electron chi connectivity index (χ2n) is 16.8. The number of anilines is 1. The Morgan fingerprint density at radius 3 is 0.959 bits per heavy atom. The van der Waals surface area contributed by atoms with Crippen LogP contribution in [0, 0.1) is 0 Å². The number of amides is 4. The fourth-order valence-corrected chi connectivity index (χ4v) is 7.68. The van der Waals surface area contributed by atoms with Crippen LogP contribution in [0.3, 0.4) is 0 Å². The number of carbonyl (C=O) groups is 10. The Kier molecular flexibility index (Phi) is 28.2. The minimum Gasteiger partial charge on any atom is -0.465 e. The quantitative estimate of drug-likeness (QED) is 0.0902. The molecular weight excluding hydrogens is 969 g/mol. The number of carbonyl (C=O) groups excluding carboxylic acids is 10. The molecule has 24 heteroatoms. The number of nitrogens with one attached hydrogen (secondary N) is 1. The van der Waals surface area contributed by atoms with Crippen molar-refractivity contribution < 1.29 is 76.4 Å². The first-order valence-corrected chi connectivity index (χ1v) is 25.0. The van der Waals surface area contributed by atoms with E-state index in [-0.39, 0.29) is 124 Å². The summed E-state index contributed by atoms with van der Waals surface area (Å²) < 4.78 is 30.6. The molecule has 1 aliphatic heterocycles. The number of benzene rings is 2. The van der Waals surface area contributed by atoms with Crippen LogP contribution in [-0.4, -0.2) is 251 Å². The molecule has 2 aromatic rings. The summed E-state index contributed by atoms with van der Waals surface area (Å²) in [6.45, 7) is 6.28. The SMILES string of the molecule is CCOC(=O)CN(CC(=O)OCC)C(=O)CN1CCN(CC(=O)Nc2cccc3ccccc23)CCN(CC(=O)N(CC(=O)OCC)CC(=O)OCC)CCN(CC(=O)N(CC(=O)OCC)CC(=O)OCC)CC1. The molecule has 1 N–H and O–H groups in total. The van der Waals surface area contributed by atoms with E-state index in [0.717, 1.165) is 25.5 Å². The fourth-order valence-electron chi connectivity index (χ4n) is 7.68. The molecule has 1 heterocycles. The van der Waals surface area contributed by atoms with E-state index < -0.39 is 92.8 Å². The van der Waals surface area contributed by atoms with Crippen molar-refractivity contribution in [3.05, 3.63) is 42.5 Å². The molecule has 1 aliphatic rings. The second kappa shape index (κ2) is 33.9. The van der Waals surface area contributed by atoms with Gasteiger partial charge in [0.05, 0.1) is 65.8 Å². The van der Waals surface area contributed by atoms with Gasteiger partial charge in [-0.15, -0.1) is 0 Å². The molecule has 0 aliphatic carbocycles. The Morgan fingerprint density at radius 2 is 0.662 bits per heavy atom. The van der Waals surface area contributed by atoms with Gasteiger partial charge in [0.2, 0.25) is 23.6 Å². The normalized spacial score (nSPS) is 14.0. The second-order valence-corrected chi connectivity index (χ2v) is 16.8. The average Bonchev–Trinajstić information content (AvgIpc) is 3.34. The number of nitrogens with zero attached hydrogens (tertiary/aromatic N) is 7. The highest BCUT2D eigenvalue weighted by Gasteiger charge is 2.29. The lowest BCUT2D eigenvalue weighted by atomic mass is 10.1. The van der Waals surface area contributed by atoms with Crippen LogP contribution in [0.1, 0.15) is 41.5 Å². The average molecular weight is 1040 g/mol. The van der Waals surface area contributed by atoms with Crippen molar-refractivity contribution in [1.82, 2.24) is 34.3 Å². The van der Waals surface area contributed by atoms with Crippen molar-refractivity contribution >= 4 is 75.9 Å². The van der Waals surface area contributed by atoms with Gasteiger partial charge in [0.1, 0.15) is 39.3 Å². The predicted octanol–water partition coefficient (Wildman–Crippen LogP) is -0.136. The monoisotopic (exact) mass is 1040 g/mol. The molecule has 0 aromatic heterocycles. The first-order valence-electron chi connectivity index (χ1n) is 25.0. The number of esters is 6. The van der Waals surface area contributed by atoms with Crippen molar-refractivity contribution in [2.45, 2.75) is 41.5 Å². The number of fused-ring (bicyclic) bond motifs is 1. The Morgan fingerprint density at radius 1 is 0.392 bits per heavy atom. The summed E-state index contributed by atoms with van der Waals surface area (Å²) in [7, 11) is 0. The topological polar surface area (TPSA) is 261 Å². The summed E-state index contributed by atoms with van der Waals surface area (Å²) in [5.41, 5.74) is 0.589. The van der Waals surface area contributed by atoms with Crippen LogP contribution in [0.4, 0.5) is 5.69 Å². The first kappa shape index (κ1) is 61.5. The van der Waals surface area contributed by atoms with Crippen LogP contribution in [0.5, 0.6) is 0 Å². The molecule has 0 saturated carbocycles. The van der Waals surface area contributed by atoms with Gasteiger partial charge < -0.3 is 48.4 Å². The first-order chi connectivity index (χ1) is 35.5. The summed E-state index contributed by atoms with van der Waals surface area (Å²) in [5.74, 6) is -6.70. The third kappa shape index (κ3) is 23.0. The molecule has 1 saturated heterocycles. The third-order valence-corrected chi connectivity index (χ3v) is 11.2. The zero-order valence-corrected chi connectivity index (χ0v) is 43.7. The molecule has 0 spiro atoms. The van der Waals surface area contributed by atoms with Crippen LogP contribution in [-0.2, 0) is 76.4 Å². The smallest absolute Gasteiger partial charge is 0.325 e. The van der Waals surface area contributed by atoms with Gasteiger partial charge in [0.15, 0.2) is 0 Å². The molecular formula is C50H74N8O16. The summed E-state index contributed by atoms with van der Waals surface area (Å²) in [6, 6.07) is 13.1. The maximum atomic E-state index is 14.1. The lowest BCUT2D eigenvalue weighted by Crippen LogP contribution is -2.53. The van der Waals surface area contributed by atoms with Crippen molar-refractivity contribution in [3.63, 3.8) is 0 Å². The van der Waals surface area contributed by atoms with Crippen molar-refractivity contribution in [2.24, 2.45) is 0 Å². The molecule has 2 aromatic carbocycles.